The largest absolute Gasteiger partial charge is 0.0619 e. The second-order valence-electron chi connectivity index (χ2n) is 6.76. The highest BCUT2D eigenvalue weighted by atomic mass is 14.4. The molecule has 0 atom stereocenters. The normalized spacial score (nSPS) is 14.5. The molecule has 4 rings (SSSR count). The van der Waals surface area contributed by atoms with Gasteiger partial charge in [-0.1, -0.05) is 86.1 Å². The van der Waals surface area contributed by atoms with Gasteiger partial charge >= 0.3 is 0 Å². The van der Waals surface area contributed by atoms with Crippen LogP contribution in [-0.2, 0) is 5.41 Å². The molecule has 0 heterocycles. The lowest BCUT2D eigenvalue weighted by Gasteiger charge is -2.24. The number of benzene rings is 3. The van der Waals surface area contributed by atoms with Crippen molar-refractivity contribution in [2.45, 2.75) is 26.2 Å². The maximum Gasteiger partial charge on any atom is 0.0165 e. The third-order valence-electron chi connectivity index (χ3n) is 4.94. The summed E-state index contributed by atoms with van der Waals surface area (Å²) in [4.78, 5) is 0. The van der Waals surface area contributed by atoms with E-state index in [1.54, 1.807) is 0 Å². The molecule has 1 aliphatic rings. The van der Waals surface area contributed by atoms with E-state index in [2.05, 4.69) is 87.5 Å². The average Bonchev–Trinajstić information content (AvgIpc) is 2.77. The summed E-state index contributed by atoms with van der Waals surface area (Å²) in [6.07, 6.45) is 0. The minimum atomic E-state index is 0.0490. The van der Waals surface area contributed by atoms with Crippen LogP contribution in [0, 0.1) is 6.92 Å². The van der Waals surface area contributed by atoms with E-state index in [-0.39, 0.29) is 5.41 Å². The SMILES string of the molecule is Cc1ccc(-c2cccc3c2C(C)(C)c2ccccc2-3)cc1. The second-order valence-corrected chi connectivity index (χ2v) is 6.76. The van der Waals surface area contributed by atoms with Gasteiger partial charge in [0.1, 0.15) is 0 Å². The summed E-state index contributed by atoms with van der Waals surface area (Å²) in [6.45, 7) is 6.82. The zero-order valence-corrected chi connectivity index (χ0v) is 13.4. The van der Waals surface area contributed by atoms with E-state index in [4.69, 9.17) is 0 Å². The van der Waals surface area contributed by atoms with Crippen LogP contribution < -0.4 is 0 Å². The number of hydrogen-bond donors (Lipinski definition) is 0. The molecule has 0 aromatic heterocycles. The summed E-state index contributed by atoms with van der Waals surface area (Å²) < 4.78 is 0. The van der Waals surface area contributed by atoms with Crippen LogP contribution in [0.25, 0.3) is 22.3 Å². The van der Waals surface area contributed by atoms with E-state index in [0.29, 0.717) is 0 Å². The molecule has 0 heteroatoms. The van der Waals surface area contributed by atoms with Crippen LogP contribution in [0.1, 0.15) is 30.5 Å². The van der Waals surface area contributed by atoms with Crippen molar-refractivity contribution in [1.82, 2.24) is 0 Å². The first-order valence-corrected chi connectivity index (χ1v) is 7.89. The molecule has 3 aromatic carbocycles. The molecule has 22 heavy (non-hydrogen) atoms. The monoisotopic (exact) mass is 284 g/mol. The molecular weight excluding hydrogens is 264 g/mol. The highest BCUT2D eigenvalue weighted by Crippen LogP contribution is 2.51. The first-order chi connectivity index (χ1) is 10.6. The summed E-state index contributed by atoms with van der Waals surface area (Å²) in [6, 6.07) is 24.4. The summed E-state index contributed by atoms with van der Waals surface area (Å²) in [7, 11) is 0. The van der Waals surface area contributed by atoms with Crippen molar-refractivity contribution in [3.8, 4) is 22.3 Å². The summed E-state index contributed by atoms with van der Waals surface area (Å²) in [5.74, 6) is 0. The molecular formula is C22H20. The Balaban J connectivity index is 2.02. The van der Waals surface area contributed by atoms with Gasteiger partial charge in [0.05, 0.1) is 0 Å². The average molecular weight is 284 g/mol. The van der Waals surface area contributed by atoms with Gasteiger partial charge in [0.15, 0.2) is 0 Å². The zero-order chi connectivity index (χ0) is 15.3. The molecule has 0 saturated heterocycles. The number of hydrogen-bond acceptors (Lipinski definition) is 0. The quantitative estimate of drug-likeness (QED) is 0.516. The van der Waals surface area contributed by atoms with E-state index < -0.39 is 0 Å². The second kappa shape index (κ2) is 4.58. The smallest absolute Gasteiger partial charge is 0.0165 e. The molecule has 0 fully saturated rings. The molecule has 3 aromatic rings. The first-order valence-electron chi connectivity index (χ1n) is 7.89. The highest BCUT2D eigenvalue weighted by molar-refractivity contribution is 5.88. The van der Waals surface area contributed by atoms with E-state index in [0.717, 1.165) is 0 Å². The predicted molar refractivity (Wildman–Crippen MR) is 94.2 cm³/mol. The van der Waals surface area contributed by atoms with Gasteiger partial charge in [-0.15, -0.1) is 0 Å². The number of rotatable bonds is 1. The van der Waals surface area contributed by atoms with E-state index in [9.17, 15) is 0 Å². The topological polar surface area (TPSA) is 0 Å². The van der Waals surface area contributed by atoms with Crippen molar-refractivity contribution in [3.05, 3.63) is 83.4 Å². The van der Waals surface area contributed by atoms with Gasteiger partial charge in [0.25, 0.3) is 0 Å². The maximum absolute atomic E-state index is 2.34. The van der Waals surface area contributed by atoms with Gasteiger partial charge in [-0.25, -0.2) is 0 Å². The Bertz CT molecular complexity index is 851. The Morgan fingerprint density at radius 3 is 2.05 bits per heavy atom. The molecule has 108 valence electrons. The fourth-order valence-corrected chi connectivity index (χ4v) is 3.82. The van der Waals surface area contributed by atoms with Gasteiger partial charge in [-0.2, -0.15) is 0 Å². The van der Waals surface area contributed by atoms with Gasteiger partial charge in [-0.3, -0.25) is 0 Å². The summed E-state index contributed by atoms with van der Waals surface area (Å²) in [5.41, 5.74) is 9.69. The van der Waals surface area contributed by atoms with Crippen LogP contribution >= 0.6 is 0 Å². The third-order valence-corrected chi connectivity index (χ3v) is 4.94. The van der Waals surface area contributed by atoms with Gasteiger partial charge in [-0.05, 0) is 40.3 Å². The molecule has 0 N–H and O–H groups in total. The Morgan fingerprint density at radius 2 is 1.27 bits per heavy atom. The lowest BCUT2D eigenvalue weighted by Crippen LogP contribution is -2.16. The van der Waals surface area contributed by atoms with Crippen LogP contribution in [0.15, 0.2) is 66.7 Å². The van der Waals surface area contributed by atoms with Gasteiger partial charge in [0, 0.05) is 5.41 Å². The number of fused-ring (bicyclic) bond motifs is 3. The molecule has 0 bridgehead atoms. The lowest BCUT2D eigenvalue weighted by molar-refractivity contribution is 0.662. The van der Waals surface area contributed by atoms with Crippen LogP contribution in [-0.4, -0.2) is 0 Å². The van der Waals surface area contributed by atoms with Crippen molar-refractivity contribution in [3.63, 3.8) is 0 Å². The summed E-state index contributed by atoms with van der Waals surface area (Å²) >= 11 is 0. The molecule has 0 unspecified atom stereocenters. The Hall–Kier alpha value is -2.34. The molecule has 0 radical (unpaired) electrons. The van der Waals surface area contributed by atoms with Crippen molar-refractivity contribution >= 4 is 0 Å². The van der Waals surface area contributed by atoms with Crippen LogP contribution in [0.5, 0.6) is 0 Å². The van der Waals surface area contributed by atoms with Crippen LogP contribution in [0.4, 0.5) is 0 Å². The zero-order valence-electron chi connectivity index (χ0n) is 13.4. The molecule has 0 saturated carbocycles. The molecule has 0 spiro atoms. The van der Waals surface area contributed by atoms with Crippen LogP contribution in [0.3, 0.4) is 0 Å². The summed E-state index contributed by atoms with van der Waals surface area (Å²) in [5, 5.41) is 0. The highest BCUT2D eigenvalue weighted by Gasteiger charge is 2.36. The standard InChI is InChI=1S/C22H20/c1-15-11-13-16(14-12-15)17-8-6-9-19-18-7-4-5-10-20(18)22(2,3)21(17)19/h4-14H,1-3H3. The third kappa shape index (κ3) is 1.77. The molecule has 0 amide bonds. The molecule has 0 nitrogen and oxygen atoms in total. The minimum absolute atomic E-state index is 0.0490. The van der Waals surface area contributed by atoms with E-state index in [1.807, 2.05) is 0 Å². The number of aryl methyl sites for hydroxylation is 1. The predicted octanol–water partition coefficient (Wildman–Crippen LogP) is 5.97. The van der Waals surface area contributed by atoms with Crippen molar-refractivity contribution in [2.24, 2.45) is 0 Å². The molecule has 1 aliphatic carbocycles. The van der Waals surface area contributed by atoms with Gasteiger partial charge in [0.2, 0.25) is 0 Å². The Kier molecular flexibility index (Phi) is 2.77. The fraction of sp³-hybridized carbons (Fsp3) is 0.182. The van der Waals surface area contributed by atoms with Crippen molar-refractivity contribution in [1.29, 1.82) is 0 Å². The Labute approximate surface area is 132 Å². The van der Waals surface area contributed by atoms with Crippen molar-refractivity contribution in [2.75, 3.05) is 0 Å². The Morgan fingerprint density at radius 1 is 0.636 bits per heavy atom. The first kappa shape index (κ1) is 13.3. The maximum atomic E-state index is 2.34. The fourth-order valence-electron chi connectivity index (χ4n) is 3.82. The van der Waals surface area contributed by atoms with Crippen LogP contribution in [0.2, 0.25) is 0 Å². The van der Waals surface area contributed by atoms with Crippen molar-refractivity contribution < 1.29 is 0 Å². The lowest BCUT2D eigenvalue weighted by atomic mass is 9.79. The minimum Gasteiger partial charge on any atom is -0.0619 e. The molecule has 0 aliphatic heterocycles. The van der Waals surface area contributed by atoms with E-state index in [1.165, 1.54) is 38.9 Å². The van der Waals surface area contributed by atoms with E-state index >= 15 is 0 Å². The van der Waals surface area contributed by atoms with Gasteiger partial charge < -0.3 is 0 Å².